The van der Waals surface area contributed by atoms with E-state index in [-0.39, 0.29) is 36.4 Å². The molecular weight excluding hydrogens is 406 g/mol. The Hall–Kier alpha value is -1.27. The summed E-state index contributed by atoms with van der Waals surface area (Å²) in [6.07, 6.45) is 6.92. The van der Waals surface area contributed by atoms with E-state index in [1.807, 2.05) is 19.9 Å². The SMILES string of the molecule is CC(C)Oc1ccc(Br)cc1C(=O)NC(N)=NC1CCCCCC1.Cl. The number of rotatable bonds is 4. The summed E-state index contributed by atoms with van der Waals surface area (Å²) in [6.45, 7) is 3.84. The largest absolute Gasteiger partial charge is 0.490 e. The van der Waals surface area contributed by atoms with Gasteiger partial charge in [-0.2, -0.15) is 0 Å². The standard InChI is InChI=1S/C18H26BrN3O2.ClH/c1-12(2)24-16-10-9-13(19)11-15(16)17(23)22-18(20)21-14-7-5-3-4-6-8-14;/h9-12,14H,3-8H2,1-2H3,(H3,20,21,22,23);1H. The van der Waals surface area contributed by atoms with Crippen molar-refractivity contribution in [3.05, 3.63) is 28.2 Å². The van der Waals surface area contributed by atoms with Crippen molar-refractivity contribution in [1.29, 1.82) is 0 Å². The lowest BCUT2D eigenvalue weighted by molar-refractivity contribution is 0.0970. The number of hydrogen-bond donors (Lipinski definition) is 2. The predicted molar refractivity (Wildman–Crippen MR) is 108 cm³/mol. The predicted octanol–water partition coefficient (Wildman–Crippen LogP) is 4.43. The van der Waals surface area contributed by atoms with Crippen LogP contribution in [0.2, 0.25) is 0 Å². The highest BCUT2D eigenvalue weighted by atomic mass is 79.9. The van der Waals surface area contributed by atoms with Gasteiger partial charge in [-0.1, -0.05) is 41.6 Å². The number of amides is 1. The summed E-state index contributed by atoms with van der Waals surface area (Å²) in [5, 5.41) is 2.69. The van der Waals surface area contributed by atoms with Gasteiger partial charge in [-0.25, -0.2) is 4.99 Å². The summed E-state index contributed by atoms with van der Waals surface area (Å²) >= 11 is 3.39. The van der Waals surface area contributed by atoms with Gasteiger partial charge in [0.2, 0.25) is 0 Å². The highest BCUT2D eigenvalue weighted by Crippen LogP contribution is 2.24. The second kappa shape index (κ2) is 10.7. The Kier molecular flexibility index (Phi) is 9.28. The van der Waals surface area contributed by atoms with Gasteiger partial charge in [-0.15, -0.1) is 12.4 Å². The van der Waals surface area contributed by atoms with Gasteiger partial charge in [0.15, 0.2) is 5.96 Å². The van der Waals surface area contributed by atoms with Gasteiger partial charge >= 0.3 is 0 Å². The molecule has 0 heterocycles. The molecule has 0 spiro atoms. The van der Waals surface area contributed by atoms with Crippen molar-refractivity contribution in [1.82, 2.24) is 5.32 Å². The van der Waals surface area contributed by atoms with Crippen molar-refractivity contribution >= 4 is 40.2 Å². The van der Waals surface area contributed by atoms with Crippen LogP contribution in [0.15, 0.2) is 27.7 Å². The molecule has 1 aliphatic rings. The van der Waals surface area contributed by atoms with E-state index in [4.69, 9.17) is 10.5 Å². The normalized spacial score (nSPS) is 16.1. The zero-order chi connectivity index (χ0) is 17.5. The molecule has 1 fully saturated rings. The van der Waals surface area contributed by atoms with E-state index in [2.05, 4.69) is 26.2 Å². The molecule has 1 amide bonds. The van der Waals surface area contributed by atoms with Gasteiger partial charge in [0.05, 0.1) is 17.7 Å². The molecule has 7 heteroatoms. The number of carbonyl (C=O) groups is 1. The highest BCUT2D eigenvalue weighted by Gasteiger charge is 2.17. The lowest BCUT2D eigenvalue weighted by atomic mass is 10.1. The third kappa shape index (κ3) is 7.24. The number of guanidine groups is 1. The van der Waals surface area contributed by atoms with Crippen LogP contribution in [0.5, 0.6) is 5.75 Å². The van der Waals surface area contributed by atoms with Crippen molar-refractivity contribution < 1.29 is 9.53 Å². The summed E-state index contributed by atoms with van der Waals surface area (Å²) < 4.78 is 6.52. The summed E-state index contributed by atoms with van der Waals surface area (Å²) in [5.41, 5.74) is 6.39. The fourth-order valence-corrected chi connectivity index (χ4v) is 3.20. The number of ether oxygens (including phenoxy) is 1. The molecule has 140 valence electrons. The number of halogens is 2. The van der Waals surface area contributed by atoms with E-state index in [9.17, 15) is 4.79 Å². The molecule has 5 nitrogen and oxygen atoms in total. The minimum atomic E-state index is -0.304. The average Bonchev–Trinajstić information content (AvgIpc) is 2.77. The first kappa shape index (κ1) is 21.8. The van der Waals surface area contributed by atoms with Crippen LogP contribution in [0, 0.1) is 0 Å². The first-order chi connectivity index (χ1) is 11.5. The molecule has 1 aromatic carbocycles. The van der Waals surface area contributed by atoms with Crippen molar-refractivity contribution in [2.75, 3.05) is 0 Å². The molecule has 2 rings (SSSR count). The minimum Gasteiger partial charge on any atom is -0.490 e. The maximum Gasteiger partial charge on any atom is 0.261 e. The Bertz CT molecular complexity index is 600. The van der Waals surface area contributed by atoms with Crippen LogP contribution in [0.3, 0.4) is 0 Å². The monoisotopic (exact) mass is 431 g/mol. The van der Waals surface area contributed by atoms with Gasteiger partial charge < -0.3 is 10.5 Å². The smallest absolute Gasteiger partial charge is 0.261 e. The first-order valence-corrected chi connectivity index (χ1v) is 9.36. The van der Waals surface area contributed by atoms with E-state index in [1.54, 1.807) is 12.1 Å². The number of aliphatic imine (C=N–C) groups is 1. The van der Waals surface area contributed by atoms with Crippen LogP contribution >= 0.6 is 28.3 Å². The zero-order valence-corrected chi connectivity index (χ0v) is 17.2. The van der Waals surface area contributed by atoms with Gasteiger partial charge in [0.1, 0.15) is 5.75 Å². The molecule has 1 saturated carbocycles. The van der Waals surface area contributed by atoms with Crippen molar-refractivity contribution in [2.24, 2.45) is 10.7 Å². The van der Waals surface area contributed by atoms with Crippen LogP contribution < -0.4 is 15.8 Å². The molecule has 0 saturated heterocycles. The number of nitrogens with one attached hydrogen (secondary N) is 1. The maximum absolute atomic E-state index is 12.5. The van der Waals surface area contributed by atoms with Crippen molar-refractivity contribution in [2.45, 2.75) is 64.5 Å². The van der Waals surface area contributed by atoms with Crippen molar-refractivity contribution in [3.63, 3.8) is 0 Å². The molecule has 1 aliphatic carbocycles. The molecule has 25 heavy (non-hydrogen) atoms. The topological polar surface area (TPSA) is 76.7 Å². The lowest BCUT2D eigenvalue weighted by Crippen LogP contribution is -2.38. The van der Waals surface area contributed by atoms with Gasteiger partial charge in [0, 0.05) is 4.47 Å². The molecule has 0 atom stereocenters. The van der Waals surface area contributed by atoms with E-state index in [0.29, 0.717) is 11.3 Å². The number of hydrogen-bond acceptors (Lipinski definition) is 3. The molecule has 0 aliphatic heterocycles. The molecule has 0 aromatic heterocycles. The first-order valence-electron chi connectivity index (χ1n) is 8.56. The number of benzene rings is 1. The summed E-state index contributed by atoms with van der Waals surface area (Å²) in [7, 11) is 0. The molecule has 0 bridgehead atoms. The van der Waals surface area contributed by atoms with Crippen molar-refractivity contribution in [3.8, 4) is 5.75 Å². The van der Waals surface area contributed by atoms with E-state index >= 15 is 0 Å². The Morgan fingerprint density at radius 2 is 1.92 bits per heavy atom. The fourth-order valence-electron chi connectivity index (χ4n) is 2.84. The Labute approximate surface area is 164 Å². The molecular formula is C18H27BrClN3O2. The summed E-state index contributed by atoms with van der Waals surface area (Å²) in [6, 6.07) is 5.56. The summed E-state index contributed by atoms with van der Waals surface area (Å²) in [5.74, 6) is 0.414. The van der Waals surface area contributed by atoms with Crippen LogP contribution in [0.1, 0.15) is 62.7 Å². The Morgan fingerprint density at radius 1 is 1.28 bits per heavy atom. The second-order valence-corrected chi connectivity index (χ2v) is 7.34. The van der Waals surface area contributed by atoms with Gasteiger partial charge in [-0.3, -0.25) is 10.1 Å². The van der Waals surface area contributed by atoms with Crippen LogP contribution in [-0.4, -0.2) is 24.0 Å². The average molecular weight is 433 g/mol. The van der Waals surface area contributed by atoms with E-state index in [1.165, 1.54) is 25.7 Å². The van der Waals surface area contributed by atoms with Gasteiger partial charge in [-0.05, 0) is 44.9 Å². The molecule has 1 aromatic rings. The third-order valence-corrected chi connectivity index (χ3v) is 4.43. The second-order valence-electron chi connectivity index (χ2n) is 6.42. The quantitative estimate of drug-likeness (QED) is 0.420. The highest BCUT2D eigenvalue weighted by molar-refractivity contribution is 9.10. The zero-order valence-electron chi connectivity index (χ0n) is 14.8. The lowest BCUT2D eigenvalue weighted by Gasteiger charge is -2.15. The third-order valence-electron chi connectivity index (χ3n) is 3.94. The Balaban J connectivity index is 0.00000312. The number of nitrogens with zero attached hydrogens (tertiary/aromatic N) is 1. The molecule has 0 unspecified atom stereocenters. The van der Waals surface area contributed by atoms with Crippen LogP contribution in [-0.2, 0) is 0 Å². The minimum absolute atomic E-state index is 0. The number of nitrogens with two attached hydrogens (primary N) is 1. The summed E-state index contributed by atoms with van der Waals surface area (Å²) in [4.78, 5) is 17.0. The number of carbonyl (C=O) groups excluding carboxylic acids is 1. The maximum atomic E-state index is 12.5. The van der Waals surface area contributed by atoms with E-state index in [0.717, 1.165) is 17.3 Å². The molecule has 0 radical (unpaired) electrons. The van der Waals surface area contributed by atoms with Crippen LogP contribution in [0.25, 0.3) is 0 Å². The Morgan fingerprint density at radius 3 is 2.52 bits per heavy atom. The fraction of sp³-hybridized carbons (Fsp3) is 0.556. The van der Waals surface area contributed by atoms with Gasteiger partial charge in [0.25, 0.3) is 5.91 Å². The molecule has 3 N–H and O–H groups in total. The van der Waals surface area contributed by atoms with Crippen LogP contribution in [0.4, 0.5) is 0 Å². The van der Waals surface area contributed by atoms with E-state index < -0.39 is 0 Å².